The maximum absolute atomic E-state index is 11.9. The van der Waals surface area contributed by atoms with E-state index < -0.39 is 6.61 Å². The van der Waals surface area contributed by atoms with Crippen LogP contribution in [0.4, 0.5) is 8.78 Å². The Kier molecular flexibility index (Phi) is 3.72. The van der Waals surface area contributed by atoms with Gasteiger partial charge in [0.15, 0.2) is 0 Å². The Morgan fingerprint density at radius 2 is 1.94 bits per heavy atom. The summed E-state index contributed by atoms with van der Waals surface area (Å²) in [6, 6.07) is 7.24. The molecule has 0 spiro atoms. The van der Waals surface area contributed by atoms with Gasteiger partial charge in [-0.1, -0.05) is 18.6 Å². The molecule has 1 atom stereocenters. The van der Waals surface area contributed by atoms with E-state index in [0.29, 0.717) is 6.04 Å². The zero-order valence-electron chi connectivity index (χ0n) is 8.96. The highest BCUT2D eigenvalue weighted by molar-refractivity contribution is 5.29. The first-order valence-corrected chi connectivity index (χ1v) is 5.54. The summed E-state index contributed by atoms with van der Waals surface area (Å²) in [5.74, 6) is 0.217. The van der Waals surface area contributed by atoms with Crippen LogP contribution in [0.2, 0.25) is 0 Å². The molecule has 1 aromatic rings. The molecule has 0 aliphatic carbocycles. The molecule has 1 N–H and O–H groups in total. The van der Waals surface area contributed by atoms with Crippen LogP contribution in [0.15, 0.2) is 24.3 Å². The monoisotopic (exact) mass is 227 g/mol. The van der Waals surface area contributed by atoms with Gasteiger partial charge in [-0.2, -0.15) is 8.78 Å². The van der Waals surface area contributed by atoms with Crippen LogP contribution in [0.5, 0.6) is 5.75 Å². The molecular formula is C12H15F2NO. The summed E-state index contributed by atoms with van der Waals surface area (Å²) in [5.41, 5.74) is 1.14. The normalized spacial score (nSPS) is 21.1. The molecule has 1 fully saturated rings. The molecule has 0 aromatic heterocycles. The van der Waals surface area contributed by atoms with E-state index >= 15 is 0 Å². The van der Waals surface area contributed by atoms with Crippen LogP contribution >= 0.6 is 0 Å². The van der Waals surface area contributed by atoms with E-state index in [4.69, 9.17) is 0 Å². The Morgan fingerprint density at radius 1 is 1.19 bits per heavy atom. The molecule has 1 aliphatic rings. The fourth-order valence-corrected chi connectivity index (χ4v) is 2.02. The van der Waals surface area contributed by atoms with Gasteiger partial charge in [-0.15, -0.1) is 0 Å². The van der Waals surface area contributed by atoms with Crippen molar-refractivity contribution in [1.29, 1.82) is 0 Å². The molecule has 1 aliphatic heterocycles. The number of hydrogen-bond acceptors (Lipinski definition) is 2. The van der Waals surface area contributed by atoms with Crippen LogP contribution in [-0.2, 0) is 0 Å². The molecule has 4 heteroatoms. The van der Waals surface area contributed by atoms with Crippen LogP contribution < -0.4 is 10.1 Å². The second kappa shape index (κ2) is 5.25. The van der Waals surface area contributed by atoms with Crippen LogP contribution in [0.1, 0.15) is 30.9 Å². The number of alkyl halides is 2. The minimum atomic E-state index is -2.75. The van der Waals surface area contributed by atoms with Gasteiger partial charge in [0.25, 0.3) is 0 Å². The van der Waals surface area contributed by atoms with Crippen LogP contribution in [0, 0.1) is 0 Å². The van der Waals surface area contributed by atoms with Crippen molar-refractivity contribution in [2.75, 3.05) is 6.54 Å². The van der Waals surface area contributed by atoms with Gasteiger partial charge in [0.1, 0.15) is 5.75 Å². The van der Waals surface area contributed by atoms with Gasteiger partial charge in [-0.3, -0.25) is 0 Å². The molecule has 88 valence electrons. The first-order chi connectivity index (χ1) is 7.75. The average molecular weight is 227 g/mol. The van der Waals surface area contributed by atoms with Gasteiger partial charge in [0.2, 0.25) is 0 Å². The smallest absolute Gasteiger partial charge is 0.387 e. The number of hydrogen-bond donors (Lipinski definition) is 1. The lowest BCUT2D eigenvalue weighted by molar-refractivity contribution is -0.0498. The zero-order chi connectivity index (χ0) is 11.4. The van der Waals surface area contributed by atoms with E-state index in [0.717, 1.165) is 18.5 Å². The largest absolute Gasteiger partial charge is 0.435 e. The van der Waals surface area contributed by atoms with Crippen molar-refractivity contribution in [3.63, 3.8) is 0 Å². The highest BCUT2D eigenvalue weighted by atomic mass is 19.3. The summed E-state index contributed by atoms with van der Waals surface area (Å²) in [4.78, 5) is 0. The van der Waals surface area contributed by atoms with Crippen molar-refractivity contribution >= 4 is 0 Å². The summed E-state index contributed by atoms with van der Waals surface area (Å²) < 4.78 is 28.2. The number of halogens is 2. The van der Waals surface area contributed by atoms with Crippen molar-refractivity contribution in [3.05, 3.63) is 29.8 Å². The highest BCUT2D eigenvalue weighted by Gasteiger charge is 2.14. The first-order valence-electron chi connectivity index (χ1n) is 5.54. The molecule has 1 aromatic carbocycles. The Morgan fingerprint density at radius 3 is 2.50 bits per heavy atom. The fraction of sp³-hybridized carbons (Fsp3) is 0.500. The van der Waals surface area contributed by atoms with Gasteiger partial charge in [0, 0.05) is 6.04 Å². The molecule has 0 saturated carbocycles. The van der Waals surface area contributed by atoms with E-state index in [1.807, 2.05) is 12.1 Å². The maximum Gasteiger partial charge on any atom is 0.387 e. The molecule has 0 radical (unpaired) electrons. The predicted molar refractivity (Wildman–Crippen MR) is 57.7 cm³/mol. The van der Waals surface area contributed by atoms with Crippen LogP contribution in [0.25, 0.3) is 0 Å². The topological polar surface area (TPSA) is 21.3 Å². The minimum Gasteiger partial charge on any atom is -0.435 e. The Balaban J connectivity index is 2.00. The number of piperidine rings is 1. The lowest BCUT2D eigenvalue weighted by Crippen LogP contribution is -2.26. The SMILES string of the molecule is FC(F)Oc1ccc([C@@H]2CCCCN2)cc1. The quantitative estimate of drug-likeness (QED) is 0.856. The van der Waals surface area contributed by atoms with Gasteiger partial charge >= 0.3 is 6.61 Å². The Hall–Kier alpha value is -1.16. The van der Waals surface area contributed by atoms with Gasteiger partial charge in [-0.25, -0.2) is 0 Å². The molecule has 0 unspecified atom stereocenters. The first kappa shape index (κ1) is 11.3. The van der Waals surface area contributed by atoms with Crippen LogP contribution in [0.3, 0.4) is 0 Å². The molecule has 2 rings (SSSR count). The molecule has 2 nitrogen and oxygen atoms in total. The lowest BCUT2D eigenvalue weighted by atomic mass is 9.98. The molecule has 1 heterocycles. The van der Waals surface area contributed by atoms with E-state index in [-0.39, 0.29) is 5.75 Å². The Bertz CT molecular complexity index is 320. The molecule has 0 bridgehead atoms. The van der Waals surface area contributed by atoms with Crippen molar-refractivity contribution in [2.45, 2.75) is 31.9 Å². The average Bonchev–Trinajstić information content (AvgIpc) is 2.30. The summed E-state index contributed by atoms with van der Waals surface area (Å²) in [6.07, 6.45) is 3.53. The third-order valence-electron chi connectivity index (χ3n) is 2.82. The van der Waals surface area contributed by atoms with E-state index in [9.17, 15) is 8.78 Å². The molecular weight excluding hydrogens is 212 g/mol. The van der Waals surface area contributed by atoms with Crippen molar-refractivity contribution in [1.82, 2.24) is 5.32 Å². The molecule has 16 heavy (non-hydrogen) atoms. The predicted octanol–water partition coefficient (Wildman–Crippen LogP) is 3.10. The minimum absolute atomic E-state index is 0.217. The standard InChI is InChI=1S/C12H15F2NO/c13-12(14)16-10-6-4-9(5-7-10)11-3-1-2-8-15-11/h4-7,11-12,15H,1-3,8H2/t11-/m0/s1. The summed E-state index contributed by atoms with van der Waals surface area (Å²) >= 11 is 0. The number of benzene rings is 1. The third kappa shape index (κ3) is 2.92. The van der Waals surface area contributed by atoms with E-state index in [2.05, 4.69) is 10.1 Å². The second-order valence-electron chi connectivity index (χ2n) is 3.95. The summed E-state index contributed by atoms with van der Waals surface area (Å²) in [7, 11) is 0. The van der Waals surface area contributed by atoms with Gasteiger partial charge in [0.05, 0.1) is 0 Å². The summed E-state index contributed by atoms with van der Waals surface area (Å²) in [6.45, 7) is -1.72. The second-order valence-corrected chi connectivity index (χ2v) is 3.95. The van der Waals surface area contributed by atoms with Crippen LogP contribution in [-0.4, -0.2) is 13.2 Å². The van der Waals surface area contributed by atoms with E-state index in [1.54, 1.807) is 12.1 Å². The lowest BCUT2D eigenvalue weighted by Gasteiger charge is -2.23. The molecule has 0 amide bonds. The number of nitrogens with one attached hydrogen (secondary N) is 1. The van der Waals surface area contributed by atoms with Crippen molar-refractivity contribution in [3.8, 4) is 5.75 Å². The number of ether oxygens (including phenoxy) is 1. The number of rotatable bonds is 3. The summed E-state index contributed by atoms with van der Waals surface area (Å²) in [5, 5.41) is 3.41. The Labute approximate surface area is 93.6 Å². The van der Waals surface area contributed by atoms with Gasteiger partial charge < -0.3 is 10.1 Å². The van der Waals surface area contributed by atoms with Crippen molar-refractivity contribution in [2.24, 2.45) is 0 Å². The molecule has 1 saturated heterocycles. The van der Waals surface area contributed by atoms with Gasteiger partial charge in [-0.05, 0) is 37.1 Å². The van der Waals surface area contributed by atoms with Crippen molar-refractivity contribution < 1.29 is 13.5 Å². The zero-order valence-corrected chi connectivity index (χ0v) is 8.96. The fourth-order valence-electron chi connectivity index (χ4n) is 2.02. The third-order valence-corrected chi connectivity index (χ3v) is 2.82. The maximum atomic E-state index is 11.9. The highest BCUT2D eigenvalue weighted by Crippen LogP contribution is 2.25. The van der Waals surface area contributed by atoms with E-state index in [1.165, 1.54) is 12.8 Å².